The van der Waals surface area contributed by atoms with Crippen molar-refractivity contribution in [3.63, 3.8) is 0 Å². The number of aromatic nitrogens is 1. The number of nitrogens with zero attached hydrogens (tertiary/aromatic N) is 1. The van der Waals surface area contributed by atoms with Crippen LogP contribution in [0.2, 0.25) is 0 Å². The molecule has 0 saturated heterocycles. The maximum Gasteiger partial charge on any atom is 0.123 e. The van der Waals surface area contributed by atoms with E-state index in [1.807, 2.05) is 12.3 Å². The first kappa shape index (κ1) is 12.2. The van der Waals surface area contributed by atoms with Gasteiger partial charge in [0.05, 0.1) is 16.7 Å². The molecular formula is C12H14FN3S. The summed E-state index contributed by atoms with van der Waals surface area (Å²) in [5.74, 6) is 5.31. The fourth-order valence-electron chi connectivity index (χ4n) is 1.65. The van der Waals surface area contributed by atoms with Crippen molar-refractivity contribution in [1.29, 1.82) is 0 Å². The van der Waals surface area contributed by atoms with Crippen LogP contribution in [0.25, 0.3) is 0 Å². The van der Waals surface area contributed by atoms with E-state index < -0.39 is 0 Å². The van der Waals surface area contributed by atoms with Gasteiger partial charge in [0.15, 0.2) is 0 Å². The zero-order valence-corrected chi connectivity index (χ0v) is 10.3. The molecule has 0 radical (unpaired) electrons. The summed E-state index contributed by atoms with van der Waals surface area (Å²) in [7, 11) is 0. The van der Waals surface area contributed by atoms with Crippen molar-refractivity contribution < 1.29 is 4.39 Å². The van der Waals surface area contributed by atoms with Crippen molar-refractivity contribution in [2.24, 2.45) is 5.84 Å². The number of nitrogens with one attached hydrogen (secondary N) is 1. The lowest BCUT2D eigenvalue weighted by Crippen LogP contribution is -2.29. The average molecular weight is 251 g/mol. The lowest BCUT2D eigenvalue weighted by molar-refractivity contribution is 0.539. The quantitative estimate of drug-likeness (QED) is 0.648. The zero-order chi connectivity index (χ0) is 12.3. The molecule has 0 aliphatic rings. The number of rotatable bonds is 4. The lowest BCUT2D eigenvalue weighted by atomic mass is 10.0. The molecule has 1 atom stereocenters. The first-order chi connectivity index (χ1) is 8.19. The molecule has 3 N–H and O–H groups in total. The summed E-state index contributed by atoms with van der Waals surface area (Å²) in [6.07, 6.45) is 0.694. The molecule has 1 aromatic carbocycles. The minimum absolute atomic E-state index is 0.0367. The van der Waals surface area contributed by atoms with Gasteiger partial charge < -0.3 is 0 Å². The number of hydrogen-bond donors (Lipinski definition) is 2. The molecule has 5 heteroatoms. The molecule has 2 rings (SSSR count). The summed E-state index contributed by atoms with van der Waals surface area (Å²) >= 11 is 1.59. The Kier molecular flexibility index (Phi) is 3.83. The SMILES string of the molecule is Cc1nc(C(Cc2ccc(F)cc2)NN)cs1. The van der Waals surface area contributed by atoms with E-state index in [1.54, 1.807) is 23.5 Å². The third-order valence-corrected chi connectivity index (χ3v) is 3.34. The molecule has 0 fully saturated rings. The topological polar surface area (TPSA) is 50.9 Å². The van der Waals surface area contributed by atoms with Gasteiger partial charge >= 0.3 is 0 Å². The van der Waals surface area contributed by atoms with Gasteiger partial charge in [0.25, 0.3) is 0 Å². The van der Waals surface area contributed by atoms with Crippen molar-refractivity contribution in [3.05, 3.63) is 51.7 Å². The van der Waals surface area contributed by atoms with Gasteiger partial charge in [0.2, 0.25) is 0 Å². The van der Waals surface area contributed by atoms with Crippen molar-refractivity contribution >= 4 is 11.3 Å². The van der Waals surface area contributed by atoms with Crippen LogP contribution in [0.5, 0.6) is 0 Å². The van der Waals surface area contributed by atoms with Crippen LogP contribution in [0.1, 0.15) is 22.3 Å². The number of thiazole rings is 1. The highest BCUT2D eigenvalue weighted by Gasteiger charge is 2.13. The average Bonchev–Trinajstić information content (AvgIpc) is 2.75. The van der Waals surface area contributed by atoms with Crippen LogP contribution >= 0.6 is 11.3 Å². The minimum Gasteiger partial charge on any atom is -0.271 e. The summed E-state index contributed by atoms with van der Waals surface area (Å²) in [6.45, 7) is 1.96. The Morgan fingerprint density at radius 2 is 2.12 bits per heavy atom. The van der Waals surface area contributed by atoms with E-state index in [9.17, 15) is 4.39 Å². The molecule has 0 saturated carbocycles. The fraction of sp³-hybridized carbons (Fsp3) is 0.250. The Bertz CT molecular complexity index is 481. The summed E-state index contributed by atoms with van der Waals surface area (Å²) in [4.78, 5) is 4.40. The number of halogens is 1. The predicted molar refractivity (Wildman–Crippen MR) is 67.0 cm³/mol. The Balaban J connectivity index is 2.12. The van der Waals surface area contributed by atoms with Crippen molar-refractivity contribution in [2.75, 3.05) is 0 Å². The highest BCUT2D eigenvalue weighted by molar-refractivity contribution is 7.09. The van der Waals surface area contributed by atoms with Crippen molar-refractivity contribution in [2.45, 2.75) is 19.4 Å². The first-order valence-corrected chi connectivity index (χ1v) is 6.19. The number of nitrogens with two attached hydrogens (primary N) is 1. The second kappa shape index (κ2) is 5.35. The molecule has 0 aliphatic heterocycles. The van der Waals surface area contributed by atoms with Gasteiger partial charge in [-0.2, -0.15) is 0 Å². The van der Waals surface area contributed by atoms with Crippen LogP contribution in [-0.4, -0.2) is 4.98 Å². The van der Waals surface area contributed by atoms with Gasteiger partial charge in [-0.25, -0.2) is 9.37 Å². The van der Waals surface area contributed by atoms with Crippen LogP contribution in [0.3, 0.4) is 0 Å². The normalized spacial score (nSPS) is 12.6. The monoisotopic (exact) mass is 251 g/mol. The van der Waals surface area contributed by atoms with E-state index >= 15 is 0 Å². The van der Waals surface area contributed by atoms with Crippen LogP contribution in [0.15, 0.2) is 29.6 Å². The summed E-state index contributed by atoms with van der Waals surface area (Å²) in [5, 5.41) is 3.00. The van der Waals surface area contributed by atoms with Crippen LogP contribution in [0.4, 0.5) is 4.39 Å². The fourth-order valence-corrected chi connectivity index (χ4v) is 2.31. The zero-order valence-electron chi connectivity index (χ0n) is 9.48. The van der Waals surface area contributed by atoms with E-state index in [4.69, 9.17) is 5.84 Å². The van der Waals surface area contributed by atoms with Gasteiger partial charge in [-0.15, -0.1) is 11.3 Å². The number of hydrogen-bond acceptors (Lipinski definition) is 4. The maximum atomic E-state index is 12.8. The number of benzene rings is 1. The van der Waals surface area contributed by atoms with Crippen molar-refractivity contribution in [1.82, 2.24) is 10.4 Å². The predicted octanol–water partition coefficient (Wildman–Crippen LogP) is 2.34. The van der Waals surface area contributed by atoms with Crippen LogP contribution < -0.4 is 11.3 Å². The number of aryl methyl sites for hydroxylation is 1. The van der Waals surface area contributed by atoms with Gasteiger partial charge in [-0.05, 0) is 31.0 Å². The minimum atomic E-state index is -0.226. The lowest BCUT2D eigenvalue weighted by Gasteiger charge is -2.13. The van der Waals surface area contributed by atoms with Gasteiger partial charge in [0, 0.05) is 5.38 Å². The molecule has 90 valence electrons. The van der Waals surface area contributed by atoms with E-state index in [2.05, 4.69) is 10.4 Å². The highest BCUT2D eigenvalue weighted by atomic mass is 32.1. The van der Waals surface area contributed by atoms with Crippen molar-refractivity contribution in [3.8, 4) is 0 Å². The van der Waals surface area contributed by atoms with E-state index in [1.165, 1.54) is 12.1 Å². The maximum absolute atomic E-state index is 12.8. The first-order valence-electron chi connectivity index (χ1n) is 5.31. The second-order valence-electron chi connectivity index (χ2n) is 3.84. The van der Waals surface area contributed by atoms with E-state index in [0.29, 0.717) is 6.42 Å². The molecule has 0 spiro atoms. The summed E-state index contributed by atoms with van der Waals surface area (Å²) in [6, 6.07) is 6.40. The molecular weight excluding hydrogens is 237 g/mol. The molecule has 1 aromatic heterocycles. The second-order valence-corrected chi connectivity index (χ2v) is 4.90. The van der Waals surface area contributed by atoms with Crippen LogP contribution in [0, 0.1) is 12.7 Å². The molecule has 2 aromatic rings. The third-order valence-electron chi connectivity index (χ3n) is 2.55. The third kappa shape index (κ3) is 3.09. The molecule has 0 bridgehead atoms. The Hall–Kier alpha value is -1.30. The van der Waals surface area contributed by atoms with Gasteiger partial charge in [0.1, 0.15) is 5.82 Å². The standard InChI is InChI=1S/C12H14FN3S/c1-8-15-12(7-17-8)11(16-14)6-9-2-4-10(13)5-3-9/h2-5,7,11,16H,6,14H2,1H3. The summed E-state index contributed by atoms with van der Waals surface area (Å²) in [5.41, 5.74) is 4.70. The molecule has 0 amide bonds. The number of hydrazine groups is 1. The molecule has 17 heavy (non-hydrogen) atoms. The largest absolute Gasteiger partial charge is 0.271 e. The van der Waals surface area contributed by atoms with Crippen LogP contribution in [-0.2, 0) is 6.42 Å². The Morgan fingerprint density at radius 1 is 1.41 bits per heavy atom. The van der Waals surface area contributed by atoms with Gasteiger partial charge in [-0.1, -0.05) is 12.1 Å². The Labute approximate surface area is 103 Å². The Morgan fingerprint density at radius 3 is 2.65 bits per heavy atom. The summed E-state index contributed by atoms with van der Waals surface area (Å²) < 4.78 is 12.8. The molecule has 1 unspecified atom stereocenters. The van der Waals surface area contributed by atoms with Gasteiger partial charge in [-0.3, -0.25) is 11.3 Å². The highest BCUT2D eigenvalue weighted by Crippen LogP contribution is 2.19. The molecule has 1 heterocycles. The molecule has 0 aliphatic carbocycles. The smallest absolute Gasteiger partial charge is 0.123 e. The molecule has 3 nitrogen and oxygen atoms in total. The van der Waals surface area contributed by atoms with E-state index in [-0.39, 0.29) is 11.9 Å². The van der Waals surface area contributed by atoms with E-state index in [0.717, 1.165) is 16.3 Å².